The molecule has 0 radical (unpaired) electrons. The van der Waals surface area contributed by atoms with Crippen LogP contribution in [0.15, 0.2) is 22.7 Å². The summed E-state index contributed by atoms with van der Waals surface area (Å²) in [6, 6.07) is 3.26. The standard InChI is InChI=1S/C13H12F2N2O3/c1-19-7-10(18)6-13-16-12(17-20-13)4-8-2-3-9(14)5-11(8)15/h2-3,5H,4,6-7H2,1H3. The summed E-state index contributed by atoms with van der Waals surface area (Å²) in [6.45, 7) is -0.0374. The molecule has 0 fully saturated rings. The number of Topliss-reactive ketones (excluding diaryl/α,β-unsaturated/α-hetero) is 1. The van der Waals surface area contributed by atoms with E-state index in [4.69, 9.17) is 4.52 Å². The van der Waals surface area contributed by atoms with Crippen LogP contribution in [0.25, 0.3) is 0 Å². The molecule has 7 heteroatoms. The zero-order valence-corrected chi connectivity index (χ0v) is 10.7. The van der Waals surface area contributed by atoms with E-state index in [0.717, 1.165) is 12.1 Å². The van der Waals surface area contributed by atoms with Crippen molar-refractivity contribution in [2.45, 2.75) is 12.8 Å². The van der Waals surface area contributed by atoms with E-state index in [1.807, 2.05) is 0 Å². The number of halogens is 2. The Kier molecular flexibility index (Phi) is 4.52. The third kappa shape index (κ3) is 3.67. The van der Waals surface area contributed by atoms with E-state index < -0.39 is 11.6 Å². The van der Waals surface area contributed by atoms with Crippen molar-refractivity contribution in [1.29, 1.82) is 0 Å². The molecule has 0 saturated heterocycles. The fraction of sp³-hybridized carbons (Fsp3) is 0.308. The third-order valence-electron chi connectivity index (χ3n) is 2.53. The molecular weight excluding hydrogens is 270 g/mol. The molecule has 1 aromatic heterocycles. The summed E-state index contributed by atoms with van der Waals surface area (Å²) in [6.07, 6.45) is 0.0286. The van der Waals surface area contributed by atoms with Crippen molar-refractivity contribution in [1.82, 2.24) is 10.1 Å². The summed E-state index contributed by atoms with van der Waals surface area (Å²) in [5, 5.41) is 3.65. The van der Waals surface area contributed by atoms with Crippen LogP contribution < -0.4 is 0 Å². The van der Waals surface area contributed by atoms with Crippen molar-refractivity contribution in [2.24, 2.45) is 0 Å². The van der Waals surface area contributed by atoms with Crippen molar-refractivity contribution in [2.75, 3.05) is 13.7 Å². The van der Waals surface area contributed by atoms with Crippen molar-refractivity contribution >= 4 is 5.78 Å². The summed E-state index contributed by atoms with van der Waals surface area (Å²) in [5.74, 6) is -1.15. The first-order chi connectivity index (χ1) is 9.58. The maximum atomic E-state index is 13.5. The quantitative estimate of drug-likeness (QED) is 0.806. The Morgan fingerprint density at radius 1 is 1.40 bits per heavy atom. The first kappa shape index (κ1) is 14.3. The van der Waals surface area contributed by atoms with E-state index >= 15 is 0 Å². The van der Waals surface area contributed by atoms with Gasteiger partial charge in [0.15, 0.2) is 11.6 Å². The number of ketones is 1. The average Bonchev–Trinajstić information content (AvgIpc) is 2.80. The average molecular weight is 282 g/mol. The zero-order chi connectivity index (χ0) is 14.5. The van der Waals surface area contributed by atoms with E-state index in [1.165, 1.54) is 13.2 Å². The van der Waals surface area contributed by atoms with Gasteiger partial charge in [0.1, 0.15) is 18.2 Å². The summed E-state index contributed by atoms with van der Waals surface area (Å²) in [4.78, 5) is 15.3. The van der Waals surface area contributed by atoms with Gasteiger partial charge < -0.3 is 9.26 Å². The Morgan fingerprint density at radius 3 is 2.90 bits per heavy atom. The maximum Gasteiger partial charge on any atom is 0.234 e. The Hall–Kier alpha value is -2.15. The second-order valence-corrected chi connectivity index (χ2v) is 4.17. The minimum Gasteiger partial charge on any atom is -0.377 e. The molecule has 0 unspecified atom stereocenters. The van der Waals surface area contributed by atoms with Gasteiger partial charge in [0, 0.05) is 19.6 Å². The molecular formula is C13H12F2N2O3. The van der Waals surface area contributed by atoms with Gasteiger partial charge in [-0.25, -0.2) is 8.78 Å². The summed E-state index contributed by atoms with van der Waals surface area (Å²) >= 11 is 0. The van der Waals surface area contributed by atoms with E-state index in [2.05, 4.69) is 14.9 Å². The number of rotatable bonds is 6. The van der Waals surface area contributed by atoms with Gasteiger partial charge in [0.05, 0.1) is 6.42 Å². The highest BCUT2D eigenvalue weighted by molar-refractivity contribution is 5.81. The highest BCUT2D eigenvalue weighted by Gasteiger charge is 2.13. The van der Waals surface area contributed by atoms with Crippen LogP contribution in [0, 0.1) is 11.6 Å². The van der Waals surface area contributed by atoms with E-state index in [0.29, 0.717) is 0 Å². The molecule has 2 aromatic rings. The molecule has 0 saturated carbocycles. The third-order valence-corrected chi connectivity index (χ3v) is 2.53. The lowest BCUT2D eigenvalue weighted by molar-refractivity contribution is -0.122. The molecule has 1 aromatic carbocycles. The molecule has 2 rings (SSSR count). The van der Waals surface area contributed by atoms with Crippen molar-refractivity contribution in [3.05, 3.63) is 47.1 Å². The SMILES string of the molecule is COCC(=O)Cc1nc(Cc2ccc(F)cc2F)no1. The van der Waals surface area contributed by atoms with Crippen LogP contribution >= 0.6 is 0 Å². The Morgan fingerprint density at radius 2 is 2.20 bits per heavy atom. The van der Waals surface area contributed by atoms with Crippen LogP contribution in [0.4, 0.5) is 8.78 Å². The Bertz CT molecular complexity index is 613. The molecule has 0 amide bonds. The van der Waals surface area contributed by atoms with Crippen LogP contribution in [-0.2, 0) is 22.4 Å². The highest BCUT2D eigenvalue weighted by atomic mass is 19.1. The number of ether oxygens (including phenoxy) is 1. The minimum atomic E-state index is -0.674. The van der Waals surface area contributed by atoms with Gasteiger partial charge in [0.25, 0.3) is 0 Å². The molecule has 0 bridgehead atoms. The van der Waals surface area contributed by atoms with Crippen LogP contribution in [0.2, 0.25) is 0 Å². The van der Waals surface area contributed by atoms with E-state index in [9.17, 15) is 13.6 Å². The number of carbonyl (C=O) groups excluding carboxylic acids is 1. The lowest BCUT2D eigenvalue weighted by Gasteiger charge is -1.99. The lowest BCUT2D eigenvalue weighted by atomic mass is 10.1. The molecule has 0 spiro atoms. The van der Waals surface area contributed by atoms with Crippen molar-refractivity contribution in [3.63, 3.8) is 0 Å². The number of nitrogens with zero attached hydrogens (tertiary/aromatic N) is 2. The molecule has 106 valence electrons. The summed E-state index contributed by atoms with van der Waals surface area (Å²) in [7, 11) is 1.41. The van der Waals surface area contributed by atoms with Gasteiger partial charge >= 0.3 is 0 Å². The van der Waals surface area contributed by atoms with Gasteiger partial charge in [-0.05, 0) is 11.6 Å². The van der Waals surface area contributed by atoms with Gasteiger partial charge in [-0.2, -0.15) is 4.98 Å². The van der Waals surface area contributed by atoms with Gasteiger partial charge in [-0.15, -0.1) is 0 Å². The van der Waals surface area contributed by atoms with Gasteiger partial charge in [-0.1, -0.05) is 11.2 Å². The first-order valence-electron chi connectivity index (χ1n) is 5.84. The number of aromatic nitrogens is 2. The van der Waals surface area contributed by atoms with E-state index in [-0.39, 0.29) is 42.5 Å². The molecule has 0 atom stereocenters. The second kappa shape index (κ2) is 6.33. The molecule has 1 heterocycles. The monoisotopic (exact) mass is 282 g/mol. The molecule has 5 nitrogen and oxygen atoms in total. The predicted molar refractivity (Wildman–Crippen MR) is 64.0 cm³/mol. The topological polar surface area (TPSA) is 65.2 Å². The normalized spacial score (nSPS) is 10.8. The Labute approximate surface area is 113 Å². The largest absolute Gasteiger partial charge is 0.377 e. The summed E-state index contributed by atoms with van der Waals surface area (Å²) < 4.78 is 35.8. The fourth-order valence-electron chi connectivity index (χ4n) is 1.65. The molecule has 0 N–H and O–H groups in total. The molecule has 0 aliphatic rings. The molecule has 0 aliphatic heterocycles. The van der Waals surface area contributed by atoms with Crippen LogP contribution in [0.3, 0.4) is 0 Å². The number of hydrogen-bond donors (Lipinski definition) is 0. The fourth-order valence-corrected chi connectivity index (χ4v) is 1.65. The number of benzene rings is 1. The van der Waals surface area contributed by atoms with Gasteiger partial charge in [0.2, 0.25) is 5.89 Å². The van der Waals surface area contributed by atoms with Crippen LogP contribution in [0.1, 0.15) is 17.3 Å². The van der Waals surface area contributed by atoms with Crippen molar-refractivity contribution < 1.29 is 22.8 Å². The molecule has 20 heavy (non-hydrogen) atoms. The van der Waals surface area contributed by atoms with Gasteiger partial charge in [-0.3, -0.25) is 4.79 Å². The predicted octanol–water partition coefficient (Wildman–Crippen LogP) is 1.70. The zero-order valence-electron chi connectivity index (χ0n) is 10.7. The maximum absolute atomic E-state index is 13.5. The second-order valence-electron chi connectivity index (χ2n) is 4.17. The number of methoxy groups -OCH3 is 1. The summed E-state index contributed by atoms with van der Waals surface area (Å²) in [5.41, 5.74) is 0.252. The number of hydrogen-bond acceptors (Lipinski definition) is 5. The smallest absolute Gasteiger partial charge is 0.234 e. The minimum absolute atomic E-state index is 0.0350. The highest BCUT2D eigenvalue weighted by Crippen LogP contribution is 2.13. The van der Waals surface area contributed by atoms with Crippen LogP contribution in [0.5, 0.6) is 0 Å². The van der Waals surface area contributed by atoms with Crippen molar-refractivity contribution in [3.8, 4) is 0 Å². The lowest BCUT2D eigenvalue weighted by Crippen LogP contribution is -2.09. The first-order valence-corrected chi connectivity index (χ1v) is 5.84. The van der Waals surface area contributed by atoms with E-state index in [1.54, 1.807) is 0 Å². The Balaban J connectivity index is 2.04. The number of carbonyl (C=O) groups is 1. The molecule has 0 aliphatic carbocycles. The van der Waals surface area contributed by atoms with Crippen LogP contribution in [-0.4, -0.2) is 29.6 Å².